The maximum absolute atomic E-state index is 11.9. The minimum absolute atomic E-state index is 0.140. The summed E-state index contributed by atoms with van der Waals surface area (Å²) in [6, 6.07) is 17.1. The van der Waals surface area contributed by atoms with Crippen molar-refractivity contribution in [2.24, 2.45) is 0 Å². The van der Waals surface area contributed by atoms with Gasteiger partial charge in [0.15, 0.2) is 11.6 Å². The quantitative estimate of drug-likeness (QED) is 0.256. The predicted molar refractivity (Wildman–Crippen MR) is 102 cm³/mol. The van der Waals surface area contributed by atoms with Crippen molar-refractivity contribution in [3.8, 4) is 0 Å². The number of benzene rings is 2. The van der Waals surface area contributed by atoms with E-state index in [2.05, 4.69) is 0 Å². The molecule has 0 unspecified atom stereocenters. The van der Waals surface area contributed by atoms with E-state index >= 15 is 0 Å². The number of carbonyl (C=O) groups is 4. The van der Waals surface area contributed by atoms with E-state index in [4.69, 9.17) is 9.47 Å². The summed E-state index contributed by atoms with van der Waals surface area (Å²) in [5.74, 6) is -1.75. The molecule has 28 heavy (non-hydrogen) atoms. The lowest BCUT2D eigenvalue weighted by molar-refractivity contribution is -0.145. The number of carbonyl (C=O) groups excluding carboxylic acids is 4. The van der Waals surface area contributed by atoms with Gasteiger partial charge >= 0.3 is 11.9 Å². The van der Waals surface area contributed by atoms with Gasteiger partial charge in [0, 0.05) is 11.1 Å². The van der Waals surface area contributed by atoms with Crippen LogP contribution in [0.4, 0.5) is 0 Å². The normalized spacial score (nSPS) is 10.1. The summed E-state index contributed by atoms with van der Waals surface area (Å²) < 4.78 is 10.0. The SMILES string of the molecule is O=C(CC(=O)c1ccccc1)OCCCCOC(=O)CC(=O)c1ccccc1. The Balaban J connectivity index is 1.54. The molecule has 0 heterocycles. The summed E-state index contributed by atoms with van der Waals surface area (Å²) >= 11 is 0. The summed E-state index contributed by atoms with van der Waals surface area (Å²) in [5.41, 5.74) is 0.938. The highest BCUT2D eigenvalue weighted by atomic mass is 16.5. The van der Waals surface area contributed by atoms with Crippen LogP contribution in [-0.4, -0.2) is 36.7 Å². The minimum Gasteiger partial charge on any atom is -0.465 e. The second kappa shape index (κ2) is 11.4. The second-order valence-corrected chi connectivity index (χ2v) is 6.08. The standard InChI is InChI=1S/C22H22O6/c23-19(17-9-3-1-4-10-17)15-21(25)27-13-7-8-14-28-22(26)16-20(24)18-11-5-2-6-12-18/h1-6,9-12H,7-8,13-16H2. The third-order valence-corrected chi connectivity index (χ3v) is 3.87. The second-order valence-electron chi connectivity index (χ2n) is 6.08. The highest BCUT2D eigenvalue weighted by Gasteiger charge is 2.13. The average molecular weight is 382 g/mol. The Morgan fingerprint density at radius 3 is 1.29 bits per heavy atom. The summed E-state index contributed by atoms with van der Waals surface area (Å²) in [5, 5.41) is 0. The van der Waals surface area contributed by atoms with Gasteiger partial charge in [0.25, 0.3) is 0 Å². The van der Waals surface area contributed by atoms with Gasteiger partial charge < -0.3 is 9.47 Å². The zero-order valence-electron chi connectivity index (χ0n) is 15.5. The summed E-state index contributed by atoms with van der Waals surface area (Å²) in [7, 11) is 0. The fourth-order valence-corrected chi connectivity index (χ4v) is 2.39. The van der Waals surface area contributed by atoms with Crippen LogP contribution in [0.5, 0.6) is 0 Å². The Kier molecular flexibility index (Phi) is 8.59. The zero-order chi connectivity index (χ0) is 20.2. The molecule has 0 saturated heterocycles. The molecule has 0 saturated carbocycles. The third-order valence-electron chi connectivity index (χ3n) is 3.87. The molecule has 2 rings (SSSR count). The molecule has 146 valence electrons. The van der Waals surface area contributed by atoms with Crippen LogP contribution in [-0.2, 0) is 19.1 Å². The number of Topliss-reactive ketones (excluding diaryl/α,β-unsaturated/α-hetero) is 2. The number of esters is 2. The fourth-order valence-electron chi connectivity index (χ4n) is 2.39. The highest BCUT2D eigenvalue weighted by Crippen LogP contribution is 2.06. The van der Waals surface area contributed by atoms with Gasteiger partial charge in [-0.25, -0.2) is 0 Å². The third kappa shape index (κ3) is 7.53. The van der Waals surface area contributed by atoms with Gasteiger partial charge in [-0.1, -0.05) is 60.7 Å². The molecule has 0 amide bonds. The van der Waals surface area contributed by atoms with Crippen molar-refractivity contribution < 1.29 is 28.7 Å². The lowest BCUT2D eigenvalue weighted by Gasteiger charge is -2.06. The number of hydrogen-bond donors (Lipinski definition) is 0. The van der Waals surface area contributed by atoms with Gasteiger partial charge in [0.1, 0.15) is 12.8 Å². The van der Waals surface area contributed by atoms with Crippen LogP contribution in [0, 0.1) is 0 Å². The van der Waals surface area contributed by atoms with Crippen LogP contribution < -0.4 is 0 Å². The molecule has 0 aromatic heterocycles. The first-order valence-electron chi connectivity index (χ1n) is 9.04. The average Bonchev–Trinajstić information content (AvgIpc) is 2.71. The van der Waals surface area contributed by atoms with Crippen LogP contribution in [0.3, 0.4) is 0 Å². The van der Waals surface area contributed by atoms with Crippen molar-refractivity contribution >= 4 is 23.5 Å². The Hall–Kier alpha value is -3.28. The van der Waals surface area contributed by atoms with Gasteiger partial charge in [-0.3, -0.25) is 19.2 Å². The summed E-state index contributed by atoms with van der Waals surface area (Å²) in [4.78, 5) is 47.1. The monoisotopic (exact) mass is 382 g/mol. The molecule has 0 atom stereocenters. The lowest BCUT2D eigenvalue weighted by Crippen LogP contribution is -2.14. The molecular formula is C22H22O6. The van der Waals surface area contributed by atoms with Crippen LogP contribution in [0.15, 0.2) is 60.7 Å². The van der Waals surface area contributed by atoms with Gasteiger partial charge in [-0.2, -0.15) is 0 Å². The van der Waals surface area contributed by atoms with Crippen molar-refractivity contribution in [2.75, 3.05) is 13.2 Å². The molecule has 2 aromatic carbocycles. The van der Waals surface area contributed by atoms with Crippen LogP contribution in [0.1, 0.15) is 46.4 Å². The number of ether oxygens (including phenoxy) is 2. The Morgan fingerprint density at radius 1 is 0.571 bits per heavy atom. The molecule has 0 N–H and O–H groups in total. The van der Waals surface area contributed by atoms with Crippen LogP contribution >= 0.6 is 0 Å². The largest absolute Gasteiger partial charge is 0.465 e. The van der Waals surface area contributed by atoms with Gasteiger partial charge in [-0.05, 0) is 12.8 Å². The molecule has 6 nitrogen and oxygen atoms in total. The van der Waals surface area contributed by atoms with E-state index in [0.29, 0.717) is 24.0 Å². The number of rotatable bonds is 11. The molecule has 0 fully saturated rings. The van der Waals surface area contributed by atoms with Gasteiger partial charge in [0.05, 0.1) is 13.2 Å². The van der Waals surface area contributed by atoms with E-state index in [0.717, 1.165) is 0 Å². The Bertz CT molecular complexity index is 729. The predicted octanol–water partition coefficient (Wildman–Crippen LogP) is 3.40. The molecule has 0 aliphatic heterocycles. The molecule has 0 radical (unpaired) electrons. The summed E-state index contributed by atoms with van der Waals surface area (Å²) in [6.45, 7) is 0.281. The zero-order valence-corrected chi connectivity index (χ0v) is 15.5. The maximum atomic E-state index is 11.9. The Morgan fingerprint density at radius 2 is 0.929 bits per heavy atom. The van der Waals surface area contributed by atoms with Crippen LogP contribution in [0.2, 0.25) is 0 Å². The van der Waals surface area contributed by atoms with Gasteiger partial charge in [-0.15, -0.1) is 0 Å². The summed E-state index contributed by atoms with van der Waals surface area (Å²) in [6.07, 6.45) is 0.373. The Labute approximate surface area is 163 Å². The number of ketones is 2. The number of hydrogen-bond acceptors (Lipinski definition) is 6. The maximum Gasteiger partial charge on any atom is 0.313 e. The topological polar surface area (TPSA) is 86.7 Å². The molecule has 0 bridgehead atoms. The van der Waals surface area contributed by atoms with Crippen molar-refractivity contribution in [3.05, 3.63) is 71.8 Å². The first kappa shape index (κ1) is 21.0. The lowest BCUT2D eigenvalue weighted by atomic mass is 10.1. The molecule has 0 aliphatic carbocycles. The first-order chi connectivity index (χ1) is 13.6. The first-order valence-corrected chi connectivity index (χ1v) is 9.04. The van der Waals surface area contributed by atoms with E-state index in [1.54, 1.807) is 60.7 Å². The van der Waals surface area contributed by atoms with E-state index in [1.807, 2.05) is 0 Å². The molecular weight excluding hydrogens is 360 g/mol. The van der Waals surface area contributed by atoms with E-state index in [1.165, 1.54) is 0 Å². The van der Waals surface area contributed by atoms with E-state index in [-0.39, 0.29) is 37.6 Å². The van der Waals surface area contributed by atoms with E-state index < -0.39 is 11.9 Å². The van der Waals surface area contributed by atoms with Crippen molar-refractivity contribution in [1.29, 1.82) is 0 Å². The van der Waals surface area contributed by atoms with E-state index in [9.17, 15) is 19.2 Å². The molecule has 0 aliphatic rings. The van der Waals surface area contributed by atoms with Crippen LogP contribution in [0.25, 0.3) is 0 Å². The van der Waals surface area contributed by atoms with Crippen molar-refractivity contribution in [1.82, 2.24) is 0 Å². The minimum atomic E-state index is -0.584. The van der Waals surface area contributed by atoms with Crippen molar-refractivity contribution in [2.45, 2.75) is 25.7 Å². The highest BCUT2D eigenvalue weighted by molar-refractivity contribution is 6.06. The number of unbranched alkanes of at least 4 members (excludes halogenated alkanes) is 1. The smallest absolute Gasteiger partial charge is 0.313 e. The molecule has 0 spiro atoms. The molecule has 6 heteroatoms. The molecule has 2 aromatic rings. The van der Waals surface area contributed by atoms with Gasteiger partial charge in [0.2, 0.25) is 0 Å². The fraction of sp³-hybridized carbons (Fsp3) is 0.273. The van der Waals surface area contributed by atoms with Crippen molar-refractivity contribution in [3.63, 3.8) is 0 Å².